The van der Waals surface area contributed by atoms with Crippen molar-refractivity contribution in [2.75, 3.05) is 20.2 Å². The van der Waals surface area contributed by atoms with Gasteiger partial charge in [-0.3, -0.25) is 9.69 Å². The molecule has 19 heavy (non-hydrogen) atoms. The lowest BCUT2D eigenvalue weighted by Gasteiger charge is -2.35. The Bertz CT molecular complexity index is 400. The molecule has 1 aliphatic rings. The van der Waals surface area contributed by atoms with E-state index < -0.39 is 0 Å². The summed E-state index contributed by atoms with van der Waals surface area (Å²) in [5, 5.41) is 0. The minimum Gasteiger partial charge on any atom is -0.469 e. The molecule has 4 nitrogen and oxygen atoms in total. The number of nitrogens with two attached hydrogens (primary N) is 1. The number of methoxy groups -OCH3 is 1. The Hall–Kier alpha value is -1.10. The number of ether oxygens (including phenoxy) is 1. The number of nitrogens with zero attached hydrogens (tertiary/aromatic N) is 1. The summed E-state index contributed by atoms with van der Waals surface area (Å²) in [5.41, 5.74) is 7.24. The van der Waals surface area contributed by atoms with Crippen LogP contribution in [0.2, 0.25) is 0 Å². The molecule has 0 radical (unpaired) electrons. The molecular weight excluding hydrogens is 264 g/mol. The fraction of sp³-hybridized carbons (Fsp3) is 0.500. The highest BCUT2D eigenvalue weighted by molar-refractivity contribution is 5.85. The minimum atomic E-state index is -0.201. The Morgan fingerprint density at radius 3 is 2.74 bits per heavy atom. The smallest absolute Gasteiger partial charge is 0.311 e. The first-order valence-corrected chi connectivity index (χ1v) is 6.30. The van der Waals surface area contributed by atoms with Gasteiger partial charge in [-0.15, -0.1) is 12.4 Å². The van der Waals surface area contributed by atoms with Gasteiger partial charge in [0, 0.05) is 25.7 Å². The van der Waals surface area contributed by atoms with E-state index >= 15 is 0 Å². The minimum absolute atomic E-state index is 0. The molecule has 5 heteroatoms. The van der Waals surface area contributed by atoms with Gasteiger partial charge in [-0.1, -0.05) is 30.3 Å². The van der Waals surface area contributed by atoms with Crippen molar-refractivity contribution in [2.45, 2.75) is 19.0 Å². The predicted octanol–water partition coefficient (Wildman–Crippen LogP) is 1.43. The van der Waals surface area contributed by atoms with Crippen LogP contribution in [0, 0.1) is 5.92 Å². The summed E-state index contributed by atoms with van der Waals surface area (Å²) in [6.07, 6.45) is 0.840. The highest BCUT2D eigenvalue weighted by atomic mass is 35.5. The van der Waals surface area contributed by atoms with E-state index in [1.165, 1.54) is 12.7 Å². The Morgan fingerprint density at radius 2 is 2.11 bits per heavy atom. The first-order chi connectivity index (χ1) is 8.70. The quantitative estimate of drug-likeness (QED) is 0.853. The highest BCUT2D eigenvalue weighted by Crippen LogP contribution is 2.19. The van der Waals surface area contributed by atoms with Crippen LogP contribution in [0.4, 0.5) is 0 Å². The Morgan fingerprint density at radius 1 is 1.42 bits per heavy atom. The topological polar surface area (TPSA) is 55.6 Å². The molecule has 2 N–H and O–H groups in total. The SMILES string of the molecule is COC(=O)[C@@H]1CN(Cc2ccccc2)CC[C@H]1N.Cl. The molecule has 2 atom stereocenters. The Balaban J connectivity index is 0.00000180. The van der Waals surface area contributed by atoms with Crippen molar-refractivity contribution in [3.63, 3.8) is 0 Å². The molecule has 106 valence electrons. The van der Waals surface area contributed by atoms with Crippen LogP contribution in [0.25, 0.3) is 0 Å². The summed E-state index contributed by atoms with van der Waals surface area (Å²) in [7, 11) is 1.42. The van der Waals surface area contributed by atoms with E-state index in [4.69, 9.17) is 10.5 Å². The number of likely N-dealkylation sites (tertiary alicyclic amines) is 1. The van der Waals surface area contributed by atoms with E-state index in [1.807, 2.05) is 18.2 Å². The first-order valence-electron chi connectivity index (χ1n) is 6.30. The number of carbonyl (C=O) groups excluding carboxylic acids is 1. The van der Waals surface area contributed by atoms with Crippen molar-refractivity contribution in [2.24, 2.45) is 11.7 Å². The number of hydrogen-bond acceptors (Lipinski definition) is 4. The number of carbonyl (C=O) groups is 1. The van der Waals surface area contributed by atoms with E-state index in [9.17, 15) is 4.79 Å². The molecule has 1 saturated heterocycles. The van der Waals surface area contributed by atoms with Crippen LogP contribution in [-0.2, 0) is 16.1 Å². The predicted molar refractivity (Wildman–Crippen MR) is 77.1 cm³/mol. The molecule has 2 rings (SSSR count). The van der Waals surface area contributed by atoms with Crippen molar-refractivity contribution in [1.29, 1.82) is 0 Å². The maximum absolute atomic E-state index is 11.6. The third-order valence-corrected chi connectivity index (χ3v) is 3.50. The molecule has 0 saturated carbocycles. The largest absolute Gasteiger partial charge is 0.469 e. The van der Waals surface area contributed by atoms with Gasteiger partial charge in [-0.05, 0) is 12.0 Å². The van der Waals surface area contributed by atoms with Gasteiger partial charge < -0.3 is 10.5 Å². The number of rotatable bonds is 3. The van der Waals surface area contributed by atoms with Crippen LogP contribution in [0.5, 0.6) is 0 Å². The fourth-order valence-corrected chi connectivity index (χ4v) is 2.42. The Kier molecular flexibility index (Phi) is 6.28. The van der Waals surface area contributed by atoms with Crippen LogP contribution in [0.3, 0.4) is 0 Å². The Labute approximate surface area is 120 Å². The lowest BCUT2D eigenvalue weighted by Crippen LogP contribution is -2.50. The maximum Gasteiger partial charge on any atom is 0.311 e. The van der Waals surface area contributed by atoms with Crippen LogP contribution in [-0.4, -0.2) is 37.1 Å². The number of hydrogen-bond donors (Lipinski definition) is 1. The second-order valence-electron chi connectivity index (χ2n) is 4.80. The number of esters is 1. The molecule has 0 bridgehead atoms. The summed E-state index contributed by atoms with van der Waals surface area (Å²) in [5.74, 6) is -0.396. The van der Waals surface area contributed by atoms with E-state index in [-0.39, 0.29) is 30.3 Å². The van der Waals surface area contributed by atoms with Crippen molar-refractivity contribution in [3.05, 3.63) is 35.9 Å². The average molecular weight is 285 g/mol. The zero-order valence-electron chi connectivity index (χ0n) is 11.1. The molecular formula is C14H21ClN2O2. The van der Waals surface area contributed by atoms with Crippen molar-refractivity contribution < 1.29 is 9.53 Å². The van der Waals surface area contributed by atoms with Gasteiger partial charge in [-0.25, -0.2) is 0 Å². The van der Waals surface area contributed by atoms with E-state index in [1.54, 1.807) is 0 Å². The molecule has 0 unspecified atom stereocenters. The van der Waals surface area contributed by atoms with Crippen LogP contribution in [0.1, 0.15) is 12.0 Å². The van der Waals surface area contributed by atoms with Crippen molar-refractivity contribution in [3.8, 4) is 0 Å². The van der Waals surface area contributed by atoms with Gasteiger partial charge in [0.05, 0.1) is 13.0 Å². The second-order valence-corrected chi connectivity index (χ2v) is 4.80. The van der Waals surface area contributed by atoms with Crippen LogP contribution < -0.4 is 5.73 Å². The summed E-state index contributed by atoms with van der Waals surface area (Å²) >= 11 is 0. The first kappa shape index (κ1) is 16.0. The molecule has 0 aliphatic carbocycles. The molecule has 1 aromatic carbocycles. The van der Waals surface area contributed by atoms with Gasteiger partial charge >= 0.3 is 5.97 Å². The molecule has 1 aromatic rings. The van der Waals surface area contributed by atoms with Crippen molar-refractivity contribution >= 4 is 18.4 Å². The zero-order chi connectivity index (χ0) is 13.0. The summed E-state index contributed by atoms with van der Waals surface area (Å²) in [4.78, 5) is 13.9. The maximum atomic E-state index is 11.6. The second kappa shape index (κ2) is 7.48. The summed E-state index contributed by atoms with van der Waals surface area (Å²) < 4.78 is 4.81. The van der Waals surface area contributed by atoms with Crippen molar-refractivity contribution in [1.82, 2.24) is 4.90 Å². The van der Waals surface area contributed by atoms with Gasteiger partial charge in [0.25, 0.3) is 0 Å². The zero-order valence-corrected chi connectivity index (χ0v) is 11.9. The lowest BCUT2D eigenvalue weighted by atomic mass is 9.92. The van der Waals surface area contributed by atoms with Gasteiger partial charge in [0.15, 0.2) is 0 Å². The number of benzene rings is 1. The number of piperidine rings is 1. The third-order valence-electron chi connectivity index (χ3n) is 3.50. The highest BCUT2D eigenvalue weighted by Gasteiger charge is 2.32. The summed E-state index contributed by atoms with van der Waals surface area (Å²) in [6.45, 7) is 2.48. The lowest BCUT2D eigenvalue weighted by molar-refractivity contribution is -0.148. The molecule has 0 amide bonds. The third kappa shape index (κ3) is 4.20. The van der Waals surface area contributed by atoms with Crippen LogP contribution in [0.15, 0.2) is 30.3 Å². The van der Waals surface area contributed by atoms with E-state index in [0.29, 0.717) is 6.54 Å². The van der Waals surface area contributed by atoms with Gasteiger partial charge in [0.1, 0.15) is 0 Å². The monoisotopic (exact) mass is 284 g/mol. The molecule has 1 fully saturated rings. The van der Waals surface area contributed by atoms with Gasteiger partial charge in [-0.2, -0.15) is 0 Å². The van der Waals surface area contributed by atoms with Gasteiger partial charge in [0.2, 0.25) is 0 Å². The van der Waals surface area contributed by atoms with Crippen LogP contribution >= 0.6 is 12.4 Å². The summed E-state index contributed by atoms with van der Waals surface area (Å²) in [6, 6.07) is 10.2. The molecule has 1 heterocycles. The molecule has 0 spiro atoms. The number of halogens is 1. The molecule has 0 aromatic heterocycles. The average Bonchev–Trinajstić information content (AvgIpc) is 2.41. The normalized spacial score (nSPS) is 23.5. The fourth-order valence-electron chi connectivity index (χ4n) is 2.42. The molecule has 1 aliphatic heterocycles. The van der Waals surface area contributed by atoms with E-state index in [2.05, 4.69) is 17.0 Å². The van der Waals surface area contributed by atoms with E-state index in [0.717, 1.165) is 19.5 Å². The standard InChI is InChI=1S/C14H20N2O2.ClH/c1-18-14(17)12-10-16(8-7-13(12)15)9-11-5-3-2-4-6-11;/h2-6,12-13H,7-10,15H2,1H3;1H/t12-,13-;/m1./s1.